The van der Waals surface area contributed by atoms with Gasteiger partial charge < -0.3 is 5.11 Å². The van der Waals surface area contributed by atoms with Crippen LogP contribution in [-0.4, -0.2) is 16.1 Å². The highest BCUT2D eigenvalue weighted by Crippen LogP contribution is 2.59. The largest absolute Gasteiger partial charge is 0.512 e. The van der Waals surface area contributed by atoms with Gasteiger partial charge in [0, 0.05) is 40.4 Å². The number of fused-ring (bicyclic) bond motifs is 1. The average molecular weight is 439 g/mol. The van der Waals surface area contributed by atoms with Gasteiger partial charge in [0.15, 0.2) is 5.78 Å². The number of thioether (sulfide) groups is 1. The first-order valence-corrected chi connectivity index (χ1v) is 12.4. The van der Waals surface area contributed by atoms with E-state index in [4.69, 9.17) is 0 Å². The molecule has 4 aliphatic rings. The summed E-state index contributed by atoms with van der Waals surface area (Å²) in [5.41, 5.74) is 6.34. The van der Waals surface area contributed by atoms with Gasteiger partial charge >= 0.3 is 0 Å². The Kier molecular flexibility index (Phi) is 4.95. The number of carbonyl (C=O) groups excluding carboxylic acids is 1. The molecule has 3 heteroatoms. The summed E-state index contributed by atoms with van der Waals surface area (Å²) < 4.78 is 0. The van der Waals surface area contributed by atoms with E-state index >= 15 is 0 Å². The van der Waals surface area contributed by atoms with Crippen molar-refractivity contribution in [3.63, 3.8) is 0 Å². The van der Waals surface area contributed by atoms with Gasteiger partial charge in [-0.2, -0.15) is 0 Å². The maximum atomic E-state index is 13.1. The van der Waals surface area contributed by atoms with Crippen LogP contribution in [0.2, 0.25) is 0 Å². The van der Waals surface area contributed by atoms with Crippen LogP contribution >= 0.6 is 11.8 Å². The summed E-state index contributed by atoms with van der Waals surface area (Å²) in [6.07, 6.45) is 2.91. The van der Waals surface area contributed by atoms with E-state index in [0.717, 1.165) is 17.7 Å². The van der Waals surface area contributed by atoms with Crippen molar-refractivity contribution in [1.29, 1.82) is 0 Å². The molecular formula is C29H26O2S. The van der Waals surface area contributed by atoms with Gasteiger partial charge in [-0.25, -0.2) is 0 Å². The average Bonchev–Trinajstić information content (AvgIpc) is 2.84. The molecule has 0 radical (unpaired) electrons. The van der Waals surface area contributed by atoms with Crippen LogP contribution in [0.1, 0.15) is 59.8 Å². The minimum atomic E-state index is -0.0561. The number of hydrogen-bond acceptors (Lipinski definition) is 3. The molecule has 160 valence electrons. The number of hydrogen-bond donors (Lipinski definition) is 1. The Labute approximate surface area is 193 Å². The number of benzene rings is 3. The standard InChI is InChI=1S/C29H26O2S/c30-25-15-8-16-26(31)28(25)29(32-18-9-2-1-3-10-18)24-17-23-19-11-4-6-13-21(19)27(24)22-14-7-5-12-20(22)23/h1-7,9-14,23-24,27,29-30H,8,15-17H2/t23?,24-,27?,29-/m1/s1. The van der Waals surface area contributed by atoms with Gasteiger partial charge in [0.05, 0.1) is 0 Å². The van der Waals surface area contributed by atoms with Gasteiger partial charge in [-0.3, -0.25) is 4.79 Å². The molecule has 0 spiro atoms. The molecule has 3 aromatic carbocycles. The van der Waals surface area contributed by atoms with Crippen LogP contribution in [0.4, 0.5) is 0 Å². The quantitative estimate of drug-likeness (QED) is 0.445. The molecule has 1 N–H and O–H groups in total. The van der Waals surface area contributed by atoms with Gasteiger partial charge in [-0.05, 0) is 53.1 Å². The molecular weight excluding hydrogens is 412 g/mol. The topological polar surface area (TPSA) is 37.3 Å². The fourth-order valence-electron chi connectivity index (χ4n) is 6.16. The van der Waals surface area contributed by atoms with Gasteiger partial charge in [-0.15, -0.1) is 11.8 Å². The lowest BCUT2D eigenvalue weighted by molar-refractivity contribution is -0.116. The summed E-state index contributed by atoms with van der Waals surface area (Å²) >= 11 is 1.76. The van der Waals surface area contributed by atoms with Crippen LogP contribution < -0.4 is 0 Å². The minimum Gasteiger partial charge on any atom is -0.512 e. The summed E-state index contributed by atoms with van der Waals surface area (Å²) in [5.74, 6) is 1.29. The van der Waals surface area contributed by atoms with E-state index < -0.39 is 0 Å². The molecule has 0 aliphatic heterocycles. The van der Waals surface area contributed by atoms with E-state index in [1.165, 1.54) is 22.3 Å². The number of carbonyl (C=O) groups is 1. The van der Waals surface area contributed by atoms with E-state index in [2.05, 4.69) is 60.7 Å². The monoisotopic (exact) mass is 438 g/mol. The van der Waals surface area contributed by atoms with Gasteiger partial charge in [0.2, 0.25) is 0 Å². The Balaban J connectivity index is 1.51. The molecule has 2 atom stereocenters. The lowest BCUT2D eigenvalue weighted by Gasteiger charge is -2.48. The van der Waals surface area contributed by atoms with E-state index in [0.29, 0.717) is 30.1 Å². The van der Waals surface area contributed by atoms with Crippen LogP contribution in [0.25, 0.3) is 0 Å². The zero-order valence-corrected chi connectivity index (χ0v) is 18.7. The third kappa shape index (κ3) is 3.14. The van der Waals surface area contributed by atoms with Crippen molar-refractivity contribution < 1.29 is 9.90 Å². The second kappa shape index (κ2) is 7.97. The molecule has 0 heterocycles. The first-order valence-electron chi connectivity index (χ1n) is 11.6. The molecule has 0 aromatic heterocycles. The Morgan fingerprint density at radius 2 is 1.38 bits per heavy atom. The number of rotatable bonds is 4. The van der Waals surface area contributed by atoms with Crippen molar-refractivity contribution in [2.75, 3.05) is 0 Å². The first kappa shape index (κ1) is 19.9. The van der Waals surface area contributed by atoms with E-state index in [1.807, 2.05) is 18.2 Å². The molecule has 0 saturated heterocycles. The minimum absolute atomic E-state index is 0.0561. The van der Waals surface area contributed by atoms with Crippen molar-refractivity contribution >= 4 is 17.5 Å². The number of aliphatic hydroxyl groups excluding tert-OH is 1. The fourth-order valence-corrected chi connectivity index (χ4v) is 7.59. The highest BCUT2D eigenvalue weighted by atomic mass is 32.2. The Morgan fingerprint density at radius 3 is 2.00 bits per heavy atom. The van der Waals surface area contributed by atoms with Crippen molar-refractivity contribution in [3.8, 4) is 0 Å². The number of ketones is 1. The molecule has 2 bridgehead atoms. The van der Waals surface area contributed by atoms with Crippen LogP contribution in [0.5, 0.6) is 0 Å². The van der Waals surface area contributed by atoms with E-state index in [1.54, 1.807) is 11.8 Å². The first-order chi connectivity index (χ1) is 15.7. The van der Waals surface area contributed by atoms with E-state index in [-0.39, 0.29) is 22.9 Å². The smallest absolute Gasteiger partial charge is 0.163 e. The van der Waals surface area contributed by atoms with Crippen molar-refractivity contribution in [2.24, 2.45) is 5.92 Å². The highest BCUT2D eigenvalue weighted by Gasteiger charge is 2.48. The lowest BCUT2D eigenvalue weighted by atomic mass is 9.57. The van der Waals surface area contributed by atoms with E-state index in [9.17, 15) is 9.90 Å². The fraction of sp³-hybridized carbons (Fsp3) is 0.276. The summed E-state index contributed by atoms with van der Waals surface area (Å²) in [6, 6.07) is 28.0. The predicted octanol–water partition coefficient (Wildman–Crippen LogP) is 7.01. The maximum Gasteiger partial charge on any atom is 0.163 e. The Morgan fingerprint density at radius 1 is 0.781 bits per heavy atom. The molecule has 7 rings (SSSR count). The molecule has 32 heavy (non-hydrogen) atoms. The predicted molar refractivity (Wildman–Crippen MR) is 129 cm³/mol. The van der Waals surface area contributed by atoms with Gasteiger partial charge in [0.1, 0.15) is 5.76 Å². The second-order valence-electron chi connectivity index (χ2n) is 9.18. The third-order valence-electron chi connectivity index (χ3n) is 7.46. The molecule has 0 unspecified atom stereocenters. The number of allylic oxidation sites excluding steroid dienone is 1. The molecule has 0 saturated carbocycles. The normalized spacial score (nSPS) is 24.8. The number of aliphatic hydroxyl groups is 1. The number of Topliss-reactive ketones (excluding diaryl/α,β-unsaturated/α-hetero) is 1. The molecule has 0 amide bonds. The Hall–Kier alpha value is -2.78. The third-order valence-corrected chi connectivity index (χ3v) is 8.84. The molecule has 2 nitrogen and oxygen atoms in total. The summed E-state index contributed by atoms with van der Waals surface area (Å²) in [4.78, 5) is 14.3. The maximum absolute atomic E-state index is 13.1. The van der Waals surface area contributed by atoms with Crippen molar-refractivity contribution in [2.45, 2.75) is 47.7 Å². The van der Waals surface area contributed by atoms with Gasteiger partial charge in [0.25, 0.3) is 0 Å². The molecule has 3 aromatic rings. The van der Waals surface area contributed by atoms with Gasteiger partial charge in [-0.1, -0.05) is 66.7 Å². The summed E-state index contributed by atoms with van der Waals surface area (Å²) in [5, 5.41) is 10.9. The van der Waals surface area contributed by atoms with Crippen molar-refractivity contribution in [1.82, 2.24) is 0 Å². The zero-order valence-electron chi connectivity index (χ0n) is 17.9. The highest BCUT2D eigenvalue weighted by molar-refractivity contribution is 8.00. The molecule has 4 aliphatic carbocycles. The van der Waals surface area contributed by atoms with Crippen LogP contribution in [0, 0.1) is 5.92 Å². The summed E-state index contributed by atoms with van der Waals surface area (Å²) in [6.45, 7) is 0. The Bertz CT molecular complexity index is 1170. The second-order valence-corrected chi connectivity index (χ2v) is 10.4. The lowest BCUT2D eigenvalue weighted by Crippen LogP contribution is -2.39. The van der Waals surface area contributed by atoms with Crippen LogP contribution in [0.3, 0.4) is 0 Å². The van der Waals surface area contributed by atoms with Crippen LogP contribution in [0.15, 0.2) is 95.1 Å². The SMILES string of the molecule is O=C1CCCC(O)=C1[C@H](Sc1ccccc1)[C@@H]1CC2c3ccccc3C1c1ccccc12. The van der Waals surface area contributed by atoms with Crippen molar-refractivity contribution in [3.05, 3.63) is 112 Å². The summed E-state index contributed by atoms with van der Waals surface area (Å²) in [7, 11) is 0. The van der Waals surface area contributed by atoms with Crippen LogP contribution in [-0.2, 0) is 4.79 Å². The molecule has 0 fully saturated rings. The zero-order chi connectivity index (χ0) is 21.7.